The van der Waals surface area contributed by atoms with Gasteiger partial charge in [-0.2, -0.15) is 0 Å². The third-order valence-corrected chi connectivity index (χ3v) is 4.09. The van der Waals surface area contributed by atoms with Crippen molar-refractivity contribution in [2.75, 3.05) is 13.7 Å². The van der Waals surface area contributed by atoms with Crippen molar-refractivity contribution < 1.29 is 24.2 Å². The van der Waals surface area contributed by atoms with Crippen LogP contribution in [0.15, 0.2) is 52.3 Å². The fourth-order valence-corrected chi connectivity index (χ4v) is 2.80. The zero-order valence-electron chi connectivity index (χ0n) is 12.7. The minimum Gasteiger partial charge on any atom is -0.497 e. The second-order valence-corrected chi connectivity index (χ2v) is 5.63. The van der Waals surface area contributed by atoms with E-state index in [1.165, 1.54) is 31.0 Å². The summed E-state index contributed by atoms with van der Waals surface area (Å²) in [5.41, 5.74) is 0.633. The largest absolute Gasteiger partial charge is 0.497 e. The second kappa shape index (κ2) is 7.69. The Morgan fingerprint density at radius 1 is 1.13 bits per heavy atom. The van der Waals surface area contributed by atoms with E-state index in [0.717, 1.165) is 4.90 Å². The van der Waals surface area contributed by atoms with Crippen LogP contribution in [0.1, 0.15) is 27.6 Å². The molecule has 0 saturated carbocycles. The van der Waals surface area contributed by atoms with Crippen molar-refractivity contribution in [3.8, 4) is 5.75 Å². The number of hydrogen-bond donors (Lipinski definition) is 1. The van der Waals surface area contributed by atoms with Gasteiger partial charge in [-0.15, -0.1) is 0 Å². The van der Waals surface area contributed by atoms with Gasteiger partial charge in [-0.05, 0) is 49.4 Å². The predicted molar refractivity (Wildman–Crippen MR) is 86.5 cm³/mol. The lowest BCUT2D eigenvalue weighted by atomic mass is 10.2. The van der Waals surface area contributed by atoms with Gasteiger partial charge in [-0.1, -0.05) is 11.8 Å². The minimum atomic E-state index is -0.974. The number of ether oxygens (including phenoxy) is 2. The molecule has 1 N–H and O–H groups in total. The molecule has 0 amide bonds. The quantitative estimate of drug-likeness (QED) is 0.813. The summed E-state index contributed by atoms with van der Waals surface area (Å²) in [5.74, 6) is -0.826. The molecule has 0 saturated heterocycles. The molecule has 23 heavy (non-hydrogen) atoms. The standard InChI is InChI=1S/C17H16O5S/c1-3-22-17(20)14-10-12(21-2)6-9-15(14)23-13-7-4-11(5-8-13)16(18)19/h4-10H,3H2,1-2H3,(H,18,19). The van der Waals surface area contributed by atoms with Gasteiger partial charge in [0, 0.05) is 9.79 Å². The van der Waals surface area contributed by atoms with Crippen LogP contribution >= 0.6 is 11.8 Å². The van der Waals surface area contributed by atoms with Crippen molar-refractivity contribution in [2.24, 2.45) is 0 Å². The van der Waals surface area contributed by atoms with Gasteiger partial charge in [0.1, 0.15) is 5.75 Å². The molecular weight excluding hydrogens is 316 g/mol. The van der Waals surface area contributed by atoms with Crippen LogP contribution in [0.4, 0.5) is 0 Å². The van der Waals surface area contributed by atoms with E-state index in [4.69, 9.17) is 14.6 Å². The SMILES string of the molecule is CCOC(=O)c1cc(OC)ccc1Sc1ccc(C(=O)O)cc1. The lowest BCUT2D eigenvalue weighted by molar-refractivity contribution is 0.0521. The van der Waals surface area contributed by atoms with Gasteiger partial charge in [-0.3, -0.25) is 0 Å². The number of carbonyl (C=O) groups is 2. The normalized spacial score (nSPS) is 10.2. The van der Waals surface area contributed by atoms with E-state index < -0.39 is 11.9 Å². The molecule has 0 bridgehead atoms. The van der Waals surface area contributed by atoms with Crippen LogP contribution in [-0.2, 0) is 4.74 Å². The monoisotopic (exact) mass is 332 g/mol. The Bertz CT molecular complexity index is 709. The predicted octanol–water partition coefficient (Wildman–Crippen LogP) is 3.72. The summed E-state index contributed by atoms with van der Waals surface area (Å²) >= 11 is 1.36. The highest BCUT2D eigenvalue weighted by molar-refractivity contribution is 7.99. The minimum absolute atomic E-state index is 0.217. The molecule has 6 heteroatoms. The van der Waals surface area contributed by atoms with Crippen molar-refractivity contribution in [1.82, 2.24) is 0 Å². The number of carboxylic acids is 1. The Morgan fingerprint density at radius 3 is 2.39 bits per heavy atom. The van der Waals surface area contributed by atoms with Gasteiger partial charge in [0.2, 0.25) is 0 Å². The number of benzene rings is 2. The summed E-state index contributed by atoms with van der Waals surface area (Å²) in [6.45, 7) is 2.03. The average Bonchev–Trinajstić information content (AvgIpc) is 2.56. The molecule has 120 valence electrons. The lowest BCUT2D eigenvalue weighted by Gasteiger charge is -2.10. The number of esters is 1. The highest BCUT2D eigenvalue weighted by Crippen LogP contribution is 2.33. The molecule has 0 unspecified atom stereocenters. The highest BCUT2D eigenvalue weighted by atomic mass is 32.2. The molecular formula is C17H16O5S. The number of hydrogen-bond acceptors (Lipinski definition) is 5. The van der Waals surface area contributed by atoms with Gasteiger partial charge in [0.25, 0.3) is 0 Å². The molecule has 0 heterocycles. The first kappa shape index (κ1) is 16.9. The number of rotatable bonds is 6. The number of carboxylic acid groups (broad SMARTS) is 1. The molecule has 2 aromatic carbocycles. The average molecular weight is 332 g/mol. The van der Waals surface area contributed by atoms with Crippen LogP contribution in [0.2, 0.25) is 0 Å². The van der Waals surface area contributed by atoms with E-state index in [1.807, 2.05) is 0 Å². The molecule has 0 aromatic heterocycles. The van der Waals surface area contributed by atoms with E-state index in [9.17, 15) is 9.59 Å². The molecule has 0 aliphatic heterocycles. The maximum Gasteiger partial charge on any atom is 0.339 e. The molecule has 0 aliphatic rings. The van der Waals surface area contributed by atoms with E-state index in [1.54, 1.807) is 37.3 Å². The summed E-state index contributed by atoms with van der Waals surface area (Å²) in [5, 5.41) is 8.92. The summed E-state index contributed by atoms with van der Waals surface area (Å²) in [4.78, 5) is 24.5. The molecule has 0 atom stereocenters. The van der Waals surface area contributed by atoms with Gasteiger partial charge in [-0.25, -0.2) is 9.59 Å². The summed E-state index contributed by atoms with van der Waals surface area (Å²) in [6.07, 6.45) is 0. The Hall–Kier alpha value is -2.47. The van der Waals surface area contributed by atoms with Crippen molar-refractivity contribution >= 4 is 23.7 Å². The Kier molecular flexibility index (Phi) is 5.65. The molecule has 0 aliphatic carbocycles. The van der Waals surface area contributed by atoms with Crippen LogP contribution in [0, 0.1) is 0 Å². The first-order chi connectivity index (χ1) is 11.0. The smallest absolute Gasteiger partial charge is 0.339 e. The fourth-order valence-electron chi connectivity index (χ4n) is 1.89. The Labute approximate surface area is 138 Å². The van der Waals surface area contributed by atoms with Crippen molar-refractivity contribution in [3.63, 3.8) is 0 Å². The van der Waals surface area contributed by atoms with E-state index >= 15 is 0 Å². The molecule has 5 nitrogen and oxygen atoms in total. The zero-order valence-corrected chi connectivity index (χ0v) is 13.6. The summed E-state index contributed by atoms with van der Waals surface area (Å²) in [7, 11) is 1.53. The van der Waals surface area contributed by atoms with Gasteiger partial charge < -0.3 is 14.6 Å². The molecule has 0 radical (unpaired) electrons. The maximum atomic E-state index is 12.1. The molecule has 2 rings (SSSR count). The van der Waals surface area contributed by atoms with Crippen LogP contribution in [0.5, 0.6) is 5.75 Å². The van der Waals surface area contributed by atoms with Gasteiger partial charge >= 0.3 is 11.9 Å². The Balaban J connectivity index is 2.30. The van der Waals surface area contributed by atoms with Crippen LogP contribution in [0.3, 0.4) is 0 Å². The van der Waals surface area contributed by atoms with Crippen LogP contribution in [0.25, 0.3) is 0 Å². The highest BCUT2D eigenvalue weighted by Gasteiger charge is 2.15. The third-order valence-electron chi connectivity index (χ3n) is 3.01. The first-order valence-corrected chi connectivity index (χ1v) is 7.73. The topological polar surface area (TPSA) is 72.8 Å². The van der Waals surface area contributed by atoms with Crippen LogP contribution < -0.4 is 4.74 Å². The van der Waals surface area contributed by atoms with Crippen molar-refractivity contribution in [3.05, 3.63) is 53.6 Å². The number of aromatic carboxylic acids is 1. The maximum absolute atomic E-state index is 12.1. The number of carbonyl (C=O) groups excluding carboxylic acids is 1. The Morgan fingerprint density at radius 2 is 1.83 bits per heavy atom. The van der Waals surface area contributed by atoms with Crippen LogP contribution in [-0.4, -0.2) is 30.8 Å². The van der Waals surface area contributed by atoms with Gasteiger partial charge in [0.05, 0.1) is 24.8 Å². The summed E-state index contributed by atoms with van der Waals surface area (Å²) in [6, 6.07) is 11.6. The molecule has 0 fully saturated rings. The number of methoxy groups -OCH3 is 1. The molecule has 2 aromatic rings. The molecule has 0 spiro atoms. The van der Waals surface area contributed by atoms with E-state index in [0.29, 0.717) is 16.2 Å². The zero-order chi connectivity index (χ0) is 16.8. The van der Waals surface area contributed by atoms with Gasteiger partial charge in [0.15, 0.2) is 0 Å². The summed E-state index contributed by atoms with van der Waals surface area (Å²) < 4.78 is 10.2. The second-order valence-electron chi connectivity index (χ2n) is 4.51. The first-order valence-electron chi connectivity index (χ1n) is 6.91. The lowest BCUT2D eigenvalue weighted by Crippen LogP contribution is -2.06. The van der Waals surface area contributed by atoms with Crippen molar-refractivity contribution in [2.45, 2.75) is 16.7 Å². The van der Waals surface area contributed by atoms with E-state index in [-0.39, 0.29) is 12.2 Å². The third kappa shape index (κ3) is 4.26. The van der Waals surface area contributed by atoms with Crippen molar-refractivity contribution in [1.29, 1.82) is 0 Å². The van der Waals surface area contributed by atoms with E-state index in [2.05, 4.69) is 0 Å². The fraction of sp³-hybridized carbons (Fsp3) is 0.176.